The molecular weight excluding hydrogens is 338 g/mol. The Morgan fingerprint density at radius 2 is 1.89 bits per heavy atom. The van der Waals surface area contributed by atoms with Gasteiger partial charge in [-0.1, -0.05) is 47.9 Å². The number of ether oxygens (including phenoxy) is 2. The van der Waals surface area contributed by atoms with Gasteiger partial charge in [-0.2, -0.15) is 0 Å². The summed E-state index contributed by atoms with van der Waals surface area (Å²) in [6, 6.07) is 15.7. The molecule has 0 aromatic heterocycles. The van der Waals surface area contributed by atoms with E-state index in [1.807, 2.05) is 42.3 Å². The quantitative estimate of drug-likeness (QED) is 0.529. The molecule has 0 spiro atoms. The molecule has 0 fully saturated rings. The maximum absolute atomic E-state index is 12.1. The zero-order valence-electron chi connectivity index (χ0n) is 16.5. The van der Waals surface area contributed by atoms with E-state index in [4.69, 9.17) is 9.47 Å². The molecule has 2 aromatic carbocycles. The van der Waals surface area contributed by atoms with Crippen molar-refractivity contribution in [1.82, 2.24) is 4.90 Å². The van der Waals surface area contributed by atoms with Crippen molar-refractivity contribution in [1.29, 1.82) is 0 Å². The van der Waals surface area contributed by atoms with Gasteiger partial charge in [-0.25, -0.2) is 0 Å². The zero-order valence-corrected chi connectivity index (χ0v) is 16.5. The van der Waals surface area contributed by atoms with Crippen LogP contribution in [0.4, 0.5) is 0 Å². The topological polar surface area (TPSA) is 38.8 Å². The van der Waals surface area contributed by atoms with Gasteiger partial charge < -0.3 is 9.47 Å². The van der Waals surface area contributed by atoms with Crippen molar-refractivity contribution < 1.29 is 14.3 Å². The summed E-state index contributed by atoms with van der Waals surface area (Å²) in [5.74, 6) is 6.39. The minimum atomic E-state index is -0.366. The minimum absolute atomic E-state index is 0.254. The van der Waals surface area contributed by atoms with E-state index >= 15 is 0 Å². The molecule has 27 heavy (non-hydrogen) atoms. The molecule has 0 bridgehead atoms. The molecule has 1 atom stereocenters. The lowest BCUT2D eigenvalue weighted by molar-refractivity contribution is -0.146. The predicted octanol–water partition coefficient (Wildman–Crippen LogP) is 3.61. The highest BCUT2D eigenvalue weighted by molar-refractivity contribution is 5.76. The molecule has 0 radical (unpaired) electrons. The van der Waals surface area contributed by atoms with Crippen molar-refractivity contribution in [3.8, 4) is 17.6 Å². The van der Waals surface area contributed by atoms with Crippen LogP contribution < -0.4 is 4.74 Å². The molecule has 1 unspecified atom stereocenters. The number of nitrogens with zero attached hydrogens (tertiary/aromatic N) is 1. The van der Waals surface area contributed by atoms with Crippen molar-refractivity contribution in [2.45, 2.75) is 32.9 Å². The van der Waals surface area contributed by atoms with Gasteiger partial charge in [-0.3, -0.25) is 9.69 Å². The standard InChI is InChI=1S/C23H27NO3/c1-5-6-14-24(3)22(23(25)26-4)16-19-10-12-21(13-11-19)27-17-20-9-7-8-18(2)15-20/h7-13,15,22H,14,16-17H2,1-4H3. The van der Waals surface area contributed by atoms with Gasteiger partial charge in [0.2, 0.25) is 0 Å². The number of methoxy groups -OCH3 is 1. The van der Waals surface area contributed by atoms with Gasteiger partial charge in [0.15, 0.2) is 0 Å². The number of hydrogen-bond acceptors (Lipinski definition) is 4. The molecule has 0 saturated heterocycles. The van der Waals surface area contributed by atoms with Crippen LogP contribution in [0.15, 0.2) is 48.5 Å². The Bertz CT molecular complexity index is 802. The molecule has 0 N–H and O–H groups in total. The van der Waals surface area contributed by atoms with Crippen LogP contribution >= 0.6 is 0 Å². The van der Waals surface area contributed by atoms with Crippen LogP contribution in [0.5, 0.6) is 5.75 Å². The highest BCUT2D eigenvalue weighted by Crippen LogP contribution is 2.17. The van der Waals surface area contributed by atoms with Crippen molar-refractivity contribution in [3.63, 3.8) is 0 Å². The van der Waals surface area contributed by atoms with Gasteiger partial charge >= 0.3 is 5.97 Å². The van der Waals surface area contributed by atoms with E-state index in [1.54, 1.807) is 6.92 Å². The molecule has 0 aliphatic heterocycles. The summed E-state index contributed by atoms with van der Waals surface area (Å²) in [6.45, 7) is 4.91. The fourth-order valence-corrected chi connectivity index (χ4v) is 2.78. The molecule has 0 saturated carbocycles. The van der Waals surface area contributed by atoms with Crippen LogP contribution in [0, 0.1) is 18.8 Å². The molecule has 0 amide bonds. The summed E-state index contributed by atoms with van der Waals surface area (Å²) >= 11 is 0. The predicted molar refractivity (Wildman–Crippen MR) is 108 cm³/mol. The van der Waals surface area contributed by atoms with Crippen LogP contribution in [0.1, 0.15) is 23.6 Å². The lowest BCUT2D eigenvalue weighted by Crippen LogP contribution is -2.41. The maximum atomic E-state index is 12.1. The smallest absolute Gasteiger partial charge is 0.323 e. The summed E-state index contributed by atoms with van der Waals surface area (Å²) < 4.78 is 10.8. The average molecular weight is 365 g/mol. The second-order valence-electron chi connectivity index (χ2n) is 6.51. The minimum Gasteiger partial charge on any atom is -0.489 e. The molecule has 0 heterocycles. The zero-order chi connectivity index (χ0) is 19.6. The van der Waals surface area contributed by atoms with Crippen molar-refractivity contribution in [2.75, 3.05) is 20.7 Å². The molecule has 2 rings (SSSR count). The van der Waals surface area contributed by atoms with E-state index in [1.165, 1.54) is 12.7 Å². The lowest BCUT2D eigenvalue weighted by atomic mass is 10.0. The van der Waals surface area contributed by atoms with E-state index in [2.05, 4.69) is 37.0 Å². The number of carbonyl (C=O) groups excluding carboxylic acids is 1. The monoisotopic (exact) mass is 365 g/mol. The Morgan fingerprint density at radius 3 is 2.52 bits per heavy atom. The first-order valence-electron chi connectivity index (χ1n) is 8.98. The average Bonchev–Trinajstić information content (AvgIpc) is 2.69. The Labute approximate surface area is 162 Å². The second kappa shape index (κ2) is 10.4. The number of esters is 1. The highest BCUT2D eigenvalue weighted by Gasteiger charge is 2.23. The normalized spacial score (nSPS) is 11.4. The van der Waals surface area contributed by atoms with E-state index in [0.717, 1.165) is 16.9 Å². The largest absolute Gasteiger partial charge is 0.489 e. The van der Waals surface area contributed by atoms with Crippen LogP contribution in [-0.2, 0) is 22.6 Å². The number of benzene rings is 2. The third kappa shape index (κ3) is 6.47. The van der Waals surface area contributed by atoms with E-state index < -0.39 is 0 Å². The van der Waals surface area contributed by atoms with E-state index in [-0.39, 0.29) is 12.0 Å². The lowest BCUT2D eigenvalue weighted by Gasteiger charge is -2.24. The number of hydrogen-bond donors (Lipinski definition) is 0. The van der Waals surface area contributed by atoms with Crippen LogP contribution in [0.25, 0.3) is 0 Å². The van der Waals surface area contributed by atoms with Gasteiger partial charge in [0.05, 0.1) is 13.7 Å². The summed E-state index contributed by atoms with van der Waals surface area (Å²) in [4.78, 5) is 14.0. The molecule has 0 aliphatic rings. The molecule has 0 aliphatic carbocycles. The van der Waals surface area contributed by atoms with Crippen LogP contribution in [0.3, 0.4) is 0 Å². The first-order chi connectivity index (χ1) is 13.0. The Morgan fingerprint density at radius 1 is 1.15 bits per heavy atom. The first kappa shape index (κ1) is 20.5. The third-order valence-electron chi connectivity index (χ3n) is 4.35. The Hall–Kier alpha value is -2.77. The van der Waals surface area contributed by atoms with Gasteiger partial charge in [-0.05, 0) is 50.6 Å². The fraction of sp³-hybridized carbons (Fsp3) is 0.348. The number of likely N-dealkylation sites (N-methyl/N-ethyl adjacent to an activating group) is 1. The maximum Gasteiger partial charge on any atom is 0.323 e. The fourth-order valence-electron chi connectivity index (χ4n) is 2.78. The van der Waals surface area contributed by atoms with Crippen molar-refractivity contribution >= 4 is 5.97 Å². The number of carbonyl (C=O) groups is 1. The molecule has 4 heteroatoms. The first-order valence-corrected chi connectivity index (χ1v) is 8.98. The number of aryl methyl sites for hydroxylation is 1. The number of rotatable bonds is 8. The van der Waals surface area contributed by atoms with Gasteiger partial charge in [0.1, 0.15) is 18.4 Å². The summed E-state index contributed by atoms with van der Waals surface area (Å²) in [7, 11) is 3.29. The van der Waals surface area contributed by atoms with Gasteiger partial charge in [0, 0.05) is 0 Å². The molecule has 4 nitrogen and oxygen atoms in total. The van der Waals surface area contributed by atoms with Crippen molar-refractivity contribution in [3.05, 3.63) is 65.2 Å². The second-order valence-corrected chi connectivity index (χ2v) is 6.51. The Balaban J connectivity index is 1.99. The van der Waals surface area contributed by atoms with E-state index in [9.17, 15) is 4.79 Å². The van der Waals surface area contributed by atoms with Crippen LogP contribution in [0.2, 0.25) is 0 Å². The third-order valence-corrected chi connectivity index (χ3v) is 4.35. The SMILES string of the molecule is CC#CCN(C)C(Cc1ccc(OCc2cccc(C)c2)cc1)C(=O)OC. The summed E-state index contributed by atoms with van der Waals surface area (Å²) in [5.41, 5.74) is 3.41. The van der Waals surface area contributed by atoms with Gasteiger partial charge in [-0.15, -0.1) is 5.92 Å². The van der Waals surface area contributed by atoms with Gasteiger partial charge in [0.25, 0.3) is 0 Å². The summed E-state index contributed by atoms with van der Waals surface area (Å²) in [6.07, 6.45) is 0.562. The molecule has 142 valence electrons. The molecular formula is C23H27NO3. The Kier molecular flexibility index (Phi) is 7.91. The summed E-state index contributed by atoms with van der Waals surface area (Å²) in [5, 5.41) is 0. The van der Waals surface area contributed by atoms with Crippen LogP contribution in [-0.4, -0.2) is 37.6 Å². The van der Waals surface area contributed by atoms with Crippen molar-refractivity contribution in [2.24, 2.45) is 0 Å². The molecule has 2 aromatic rings. The van der Waals surface area contributed by atoms with E-state index in [0.29, 0.717) is 19.6 Å². The highest BCUT2D eigenvalue weighted by atomic mass is 16.5.